The first-order chi connectivity index (χ1) is 7.70. The molecule has 0 amide bonds. The topological polar surface area (TPSA) is 23.1 Å². The zero-order valence-electron chi connectivity index (χ0n) is 9.54. The lowest BCUT2D eigenvalue weighted by Crippen LogP contribution is -2.45. The summed E-state index contributed by atoms with van der Waals surface area (Å²) in [5.74, 6) is 0. The highest BCUT2D eigenvalue weighted by Crippen LogP contribution is 2.35. The average molecular weight is 250 g/mol. The van der Waals surface area contributed by atoms with Crippen molar-refractivity contribution in [3.05, 3.63) is 0 Å². The Morgan fingerprint density at radius 3 is 1.50 bits per heavy atom. The van der Waals surface area contributed by atoms with Crippen LogP contribution in [-0.2, 0) is 11.2 Å². The maximum atomic E-state index is 13.7. The van der Waals surface area contributed by atoms with Crippen LogP contribution in [0.5, 0.6) is 0 Å². The maximum Gasteiger partial charge on any atom is 0.147 e. The highest BCUT2D eigenvalue weighted by atomic mass is 32.2. The van der Waals surface area contributed by atoms with Crippen molar-refractivity contribution < 1.29 is 13.3 Å². The van der Waals surface area contributed by atoms with Gasteiger partial charge in [-0.2, -0.15) is 0 Å². The second kappa shape index (κ2) is 5.67. The molecule has 4 unspecified atom stereocenters. The molecule has 0 N–H and O–H groups in total. The molecular weight excluding hydrogens is 230 g/mol. The quantitative estimate of drug-likeness (QED) is 0.690. The molecule has 2 aliphatic rings. The largest absolute Gasteiger partial charge is 0.616 e. The van der Waals surface area contributed by atoms with Crippen molar-refractivity contribution >= 4 is 11.2 Å². The summed E-state index contributed by atoms with van der Waals surface area (Å²) in [6, 6.07) is 0. The molecule has 0 aromatic heterocycles. The Labute approximate surface area is 99.2 Å². The number of halogens is 2. The van der Waals surface area contributed by atoms with Gasteiger partial charge in [0.15, 0.2) is 0 Å². The smallest absolute Gasteiger partial charge is 0.147 e. The van der Waals surface area contributed by atoms with Gasteiger partial charge in [0.1, 0.15) is 22.8 Å². The summed E-state index contributed by atoms with van der Waals surface area (Å²) in [7, 11) is 0. The van der Waals surface area contributed by atoms with Crippen molar-refractivity contribution in [2.75, 3.05) is 0 Å². The van der Waals surface area contributed by atoms with E-state index in [0.717, 1.165) is 25.7 Å². The monoisotopic (exact) mass is 250 g/mol. The van der Waals surface area contributed by atoms with Gasteiger partial charge in [0, 0.05) is 0 Å². The summed E-state index contributed by atoms with van der Waals surface area (Å²) in [5, 5.41) is -0.787. The third-order valence-corrected chi connectivity index (χ3v) is 6.10. The van der Waals surface area contributed by atoms with E-state index in [1.54, 1.807) is 0 Å². The lowest BCUT2D eigenvalue weighted by molar-refractivity contribution is 0.234. The van der Waals surface area contributed by atoms with Crippen LogP contribution in [0.3, 0.4) is 0 Å². The van der Waals surface area contributed by atoms with Crippen LogP contribution >= 0.6 is 0 Å². The van der Waals surface area contributed by atoms with Gasteiger partial charge in [-0.05, 0) is 49.7 Å². The fourth-order valence-electron chi connectivity index (χ4n) is 2.85. The number of hydrogen-bond donors (Lipinski definition) is 0. The highest BCUT2D eigenvalue weighted by molar-refractivity contribution is 7.92. The van der Waals surface area contributed by atoms with Crippen LogP contribution in [0.25, 0.3) is 0 Å². The van der Waals surface area contributed by atoms with Crippen molar-refractivity contribution in [2.24, 2.45) is 0 Å². The van der Waals surface area contributed by atoms with Crippen LogP contribution in [0.2, 0.25) is 0 Å². The normalized spacial score (nSPS) is 42.9. The van der Waals surface area contributed by atoms with Gasteiger partial charge in [-0.3, -0.25) is 0 Å². The van der Waals surface area contributed by atoms with E-state index in [4.69, 9.17) is 0 Å². The molecule has 16 heavy (non-hydrogen) atoms. The van der Waals surface area contributed by atoms with E-state index >= 15 is 0 Å². The number of rotatable bonds is 2. The molecule has 0 heterocycles. The molecule has 0 aromatic rings. The molecule has 0 saturated heterocycles. The second-order valence-electron chi connectivity index (χ2n) is 5.01. The van der Waals surface area contributed by atoms with Crippen LogP contribution in [0, 0.1) is 0 Å². The Morgan fingerprint density at radius 2 is 1.12 bits per heavy atom. The minimum atomic E-state index is -1.30. The number of alkyl halides is 2. The predicted octanol–water partition coefficient (Wildman–Crippen LogP) is 3.30. The molecule has 94 valence electrons. The molecule has 2 rings (SSSR count). The van der Waals surface area contributed by atoms with E-state index in [2.05, 4.69) is 0 Å². The highest BCUT2D eigenvalue weighted by Gasteiger charge is 2.43. The average Bonchev–Trinajstić information content (AvgIpc) is 2.29. The first-order valence-corrected chi connectivity index (χ1v) is 7.65. The third-order valence-electron chi connectivity index (χ3n) is 3.84. The molecule has 2 aliphatic carbocycles. The van der Waals surface area contributed by atoms with E-state index in [9.17, 15) is 13.3 Å². The molecule has 4 atom stereocenters. The van der Waals surface area contributed by atoms with Gasteiger partial charge < -0.3 is 4.55 Å². The second-order valence-corrected chi connectivity index (χ2v) is 6.87. The van der Waals surface area contributed by atoms with E-state index in [-0.39, 0.29) is 0 Å². The summed E-state index contributed by atoms with van der Waals surface area (Å²) in [6.45, 7) is 0. The van der Waals surface area contributed by atoms with Gasteiger partial charge in [0.2, 0.25) is 0 Å². The van der Waals surface area contributed by atoms with Crippen molar-refractivity contribution in [2.45, 2.75) is 74.2 Å². The zero-order valence-corrected chi connectivity index (χ0v) is 10.4. The lowest BCUT2D eigenvalue weighted by atomic mass is 9.98. The van der Waals surface area contributed by atoms with Crippen LogP contribution in [0.4, 0.5) is 8.78 Å². The number of hydrogen-bond acceptors (Lipinski definition) is 1. The Kier molecular flexibility index (Phi) is 4.48. The molecule has 2 saturated carbocycles. The van der Waals surface area contributed by atoms with Gasteiger partial charge in [-0.15, -0.1) is 0 Å². The van der Waals surface area contributed by atoms with Crippen molar-refractivity contribution in [1.82, 2.24) is 0 Å². The van der Waals surface area contributed by atoms with E-state index in [1.807, 2.05) is 0 Å². The predicted molar refractivity (Wildman–Crippen MR) is 62.4 cm³/mol. The fourth-order valence-corrected chi connectivity index (χ4v) is 4.95. The summed E-state index contributed by atoms with van der Waals surface area (Å²) in [4.78, 5) is 0. The zero-order chi connectivity index (χ0) is 11.5. The van der Waals surface area contributed by atoms with Crippen LogP contribution in [0.15, 0.2) is 0 Å². The van der Waals surface area contributed by atoms with Crippen molar-refractivity contribution in [1.29, 1.82) is 0 Å². The minimum absolute atomic E-state index is 0.393. The molecular formula is C12H20F2OS. The summed E-state index contributed by atoms with van der Waals surface area (Å²) in [5.41, 5.74) is 0. The summed E-state index contributed by atoms with van der Waals surface area (Å²) >= 11 is -1.30. The van der Waals surface area contributed by atoms with E-state index in [1.165, 1.54) is 0 Å². The molecule has 0 spiro atoms. The molecule has 1 nitrogen and oxygen atoms in total. The van der Waals surface area contributed by atoms with Crippen molar-refractivity contribution in [3.8, 4) is 0 Å². The van der Waals surface area contributed by atoms with Crippen LogP contribution in [-0.4, -0.2) is 27.4 Å². The Bertz CT molecular complexity index is 205. The van der Waals surface area contributed by atoms with Crippen molar-refractivity contribution in [3.63, 3.8) is 0 Å². The molecule has 0 aromatic carbocycles. The molecule has 0 radical (unpaired) electrons. The van der Waals surface area contributed by atoms with E-state index in [0.29, 0.717) is 25.7 Å². The molecule has 2 fully saturated rings. The molecule has 0 aliphatic heterocycles. The third kappa shape index (κ3) is 2.70. The Balaban J connectivity index is 1.96. The summed E-state index contributed by atoms with van der Waals surface area (Å²) in [6.07, 6.45) is 4.11. The van der Waals surface area contributed by atoms with E-state index < -0.39 is 34.0 Å². The first-order valence-electron chi connectivity index (χ1n) is 6.37. The minimum Gasteiger partial charge on any atom is -0.616 e. The van der Waals surface area contributed by atoms with Gasteiger partial charge in [0.05, 0.1) is 0 Å². The van der Waals surface area contributed by atoms with Gasteiger partial charge in [-0.1, -0.05) is 12.8 Å². The fraction of sp³-hybridized carbons (Fsp3) is 1.00. The molecule has 4 heteroatoms. The molecule has 0 bridgehead atoms. The summed E-state index contributed by atoms with van der Waals surface area (Å²) < 4.78 is 39.5. The van der Waals surface area contributed by atoms with Crippen LogP contribution in [0.1, 0.15) is 51.4 Å². The Hall–Kier alpha value is 0.170. The Morgan fingerprint density at radius 1 is 0.750 bits per heavy atom. The lowest BCUT2D eigenvalue weighted by Gasteiger charge is -2.35. The van der Waals surface area contributed by atoms with Gasteiger partial charge >= 0.3 is 0 Å². The standard InChI is InChI=1S/C12H20F2OS/c13-9-5-1-3-7-11(9)16(15)12-8-4-2-6-10(12)14/h9-12H,1-8H2. The van der Waals surface area contributed by atoms with Crippen LogP contribution < -0.4 is 0 Å². The maximum absolute atomic E-state index is 13.7. The SMILES string of the molecule is [O-][S+](C1CCCCC1F)C1CCCCC1F. The van der Waals surface area contributed by atoms with Gasteiger partial charge in [-0.25, -0.2) is 8.78 Å². The first kappa shape index (κ1) is 12.6. The van der Waals surface area contributed by atoms with Gasteiger partial charge in [0.25, 0.3) is 0 Å².